The molecule has 0 radical (unpaired) electrons. The second kappa shape index (κ2) is 6.95. The molecule has 2 heterocycles. The van der Waals surface area contributed by atoms with Crippen LogP contribution >= 0.6 is 0 Å². The van der Waals surface area contributed by atoms with Gasteiger partial charge in [0, 0.05) is 19.7 Å². The highest BCUT2D eigenvalue weighted by atomic mass is 16.5. The van der Waals surface area contributed by atoms with Gasteiger partial charge in [0.15, 0.2) is 0 Å². The molecule has 5 heteroatoms. The van der Waals surface area contributed by atoms with Crippen LogP contribution in [-0.4, -0.2) is 36.2 Å². The van der Waals surface area contributed by atoms with Crippen LogP contribution < -0.4 is 5.32 Å². The van der Waals surface area contributed by atoms with Crippen LogP contribution in [0.2, 0.25) is 0 Å². The first-order chi connectivity index (χ1) is 11.1. The molecule has 1 saturated heterocycles. The highest BCUT2D eigenvalue weighted by Gasteiger charge is 2.39. The van der Waals surface area contributed by atoms with E-state index in [1.807, 2.05) is 26.1 Å². The Hall–Kier alpha value is -1.49. The lowest BCUT2D eigenvalue weighted by atomic mass is 9.78. The van der Waals surface area contributed by atoms with Gasteiger partial charge in [-0.1, -0.05) is 19.3 Å². The Labute approximate surface area is 138 Å². The molecule has 0 aromatic carbocycles. The van der Waals surface area contributed by atoms with Crippen molar-refractivity contribution in [2.24, 2.45) is 0 Å². The van der Waals surface area contributed by atoms with Crippen LogP contribution in [0.3, 0.4) is 0 Å². The minimum atomic E-state index is -0.0306. The fourth-order valence-electron chi connectivity index (χ4n) is 3.86. The zero-order valence-electron chi connectivity index (χ0n) is 14.3. The van der Waals surface area contributed by atoms with E-state index in [0.717, 1.165) is 43.8 Å². The maximum absolute atomic E-state index is 12.4. The minimum absolute atomic E-state index is 0.0190. The van der Waals surface area contributed by atoms with E-state index in [2.05, 4.69) is 5.32 Å². The second-order valence-electron chi connectivity index (χ2n) is 7.10. The predicted octanol–water partition coefficient (Wildman–Crippen LogP) is 3.61. The number of nitrogens with one attached hydrogen (secondary N) is 1. The van der Waals surface area contributed by atoms with E-state index in [1.165, 1.54) is 19.3 Å². The summed E-state index contributed by atoms with van der Waals surface area (Å²) in [5.41, 5.74) is 0.0190. The van der Waals surface area contributed by atoms with Gasteiger partial charge < -0.3 is 19.4 Å². The number of aryl methyl sites for hydroxylation is 1. The predicted molar refractivity (Wildman–Crippen MR) is 88.2 cm³/mol. The number of urea groups is 1. The summed E-state index contributed by atoms with van der Waals surface area (Å²) >= 11 is 0. The number of hydrogen-bond acceptors (Lipinski definition) is 3. The summed E-state index contributed by atoms with van der Waals surface area (Å²) in [6.07, 6.45) is 7.94. The third-order valence-corrected chi connectivity index (χ3v) is 5.12. The first-order valence-corrected chi connectivity index (χ1v) is 8.77. The normalized spacial score (nSPS) is 23.7. The van der Waals surface area contributed by atoms with Gasteiger partial charge in [-0.05, 0) is 44.7 Å². The number of carbonyl (C=O) groups excluding carboxylic acids is 1. The second-order valence-corrected chi connectivity index (χ2v) is 7.10. The molecule has 23 heavy (non-hydrogen) atoms. The smallest absolute Gasteiger partial charge is 0.317 e. The summed E-state index contributed by atoms with van der Waals surface area (Å²) in [7, 11) is 1.81. The largest absolute Gasteiger partial charge is 0.464 e. The molecule has 1 aliphatic heterocycles. The van der Waals surface area contributed by atoms with Crippen molar-refractivity contribution in [2.75, 3.05) is 13.7 Å². The van der Waals surface area contributed by atoms with Gasteiger partial charge in [0.1, 0.15) is 11.5 Å². The van der Waals surface area contributed by atoms with Crippen molar-refractivity contribution in [3.8, 4) is 0 Å². The van der Waals surface area contributed by atoms with Crippen molar-refractivity contribution in [1.29, 1.82) is 0 Å². The SMILES string of the molecule is Cc1ccc(CN(C)C(=O)NC2CCOC3(CCCCC3)C2)o1. The Morgan fingerprint density at radius 3 is 2.83 bits per heavy atom. The maximum atomic E-state index is 12.4. The lowest BCUT2D eigenvalue weighted by Gasteiger charge is -2.43. The Balaban J connectivity index is 1.52. The average molecular weight is 320 g/mol. The van der Waals surface area contributed by atoms with E-state index in [0.29, 0.717) is 6.54 Å². The number of furan rings is 1. The van der Waals surface area contributed by atoms with E-state index in [4.69, 9.17) is 9.15 Å². The van der Waals surface area contributed by atoms with Gasteiger partial charge in [-0.2, -0.15) is 0 Å². The van der Waals surface area contributed by atoms with Crippen molar-refractivity contribution in [3.63, 3.8) is 0 Å². The summed E-state index contributed by atoms with van der Waals surface area (Å²) in [5.74, 6) is 1.69. The molecule has 1 aromatic heterocycles. The van der Waals surface area contributed by atoms with Crippen LogP contribution in [0, 0.1) is 6.92 Å². The quantitative estimate of drug-likeness (QED) is 0.925. The number of carbonyl (C=O) groups is 1. The summed E-state index contributed by atoms with van der Waals surface area (Å²) in [4.78, 5) is 14.1. The highest BCUT2D eigenvalue weighted by molar-refractivity contribution is 5.74. The minimum Gasteiger partial charge on any atom is -0.464 e. The summed E-state index contributed by atoms with van der Waals surface area (Å²) in [5, 5.41) is 3.18. The van der Waals surface area contributed by atoms with Gasteiger partial charge in [0.05, 0.1) is 12.1 Å². The van der Waals surface area contributed by atoms with Crippen LogP contribution in [0.1, 0.15) is 56.5 Å². The Morgan fingerprint density at radius 2 is 2.13 bits per heavy atom. The molecule has 0 bridgehead atoms. The Morgan fingerprint density at radius 1 is 1.35 bits per heavy atom. The van der Waals surface area contributed by atoms with Gasteiger partial charge >= 0.3 is 6.03 Å². The van der Waals surface area contributed by atoms with E-state index < -0.39 is 0 Å². The van der Waals surface area contributed by atoms with E-state index in [1.54, 1.807) is 4.90 Å². The third kappa shape index (κ3) is 4.08. The topological polar surface area (TPSA) is 54.7 Å². The standard InChI is InChI=1S/C18H28N2O3/c1-14-6-7-16(23-14)13-20(2)17(21)19-15-8-11-22-18(12-15)9-4-3-5-10-18/h6-7,15H,3-5,8-13H2,1-2H3,(H,19,21). The van der Waals surface area contributed by atoms with Crippen LogP contribution in [0.25, 0.3) is 0 Å². The van der Waals surface area contributed by atoms with Gasteiger partial charge in [-0.25, -0.2) is 4.79 Å². The number of hydrogen-bond donors (Lipinski definition) is 1. The first-order valence-electron chi connectivity index (χ1n) is 8.77. The molecule has 128 valence electrons. The summed E-state index contributed by atoms with van der Waals surface area (Å²) < 4.78 is 11.6. The van der Waals surface area contributed by atoms with Crippen molar-refractivity contribution in [1.82, 2.24) is 10.2 Å². The Bertz CT molecular complexity index is 529. The fourth-order valence-corrected chi connectivity index (χ4v) is 3.86. The number of nitrogens with zero attached hydrogens (tertiary/aromatic N) is 1. The molecule has 2 fully saturated rings. The molecule has 5 nitrogen and oxygen atoms in total. The summed E-state index contributed by atoms with van der Waals surface area (Å²) in [6, 6.07) is 4.03. The molecule has 2 aliphatic rings. The van der Waals surface area contributed by atoms with Gasteiger partial charge in [-0.3, -0.25) is 0 Å². The lowest BCUT2D eigenvalue weighted by Crippen LogP contribution is -2.51. The van der Waals surface area contributed by atoms with E-state index in [9.17, 15) is 4.79 Å². The van der Waals surface area contributed by atoms with Crippen LogP contribution in [0.5, 0.6) is 0 Å². The van der Waals surface area contributed by atoms with Crippen molar-refractivity contribution < 1.29 is 13.9 Å². The highest BCUT2D eigenvalue weighted by Crippen LogP contribution is 2.38. The molecule has 1 aliphatic carbocycles. The van der Waals surface area contributed by atoms with Crippen LogP contribution in [0.15, 0.2) is 16.5 Å². The average Bonchev–Trinajstić information content (AvgIpc) is 2.93. The zero-order valence-corrected chi connectivity index (χ0v) is 14.3. The lowest BCUT2D eigenvalue weighted by molar-refractivity contribution is -0.108. The molecule has 2 amide bonds. The van der Waals surface area contributed by atoms with Crippen molar-refractivity contribution in [2.45, 2.75) is 70.1 Å². The van der Waals surface area contributed by atoms with Gasteiger partial charge in [0.25, 0.3) is 0 Å². The Kier molecular flexibility index (Phi) is 4.95. The molecule has 1 unspecified atom stereocenters. The zero-order chi connectivity index (χ0) is 16.3. The van der Waals surface area contributed by atoms with E-state index in [-0.39, 0.29) is 17.7 Å². The molecule has 1 aromatic rings. The molecule has 1 atom stereocenters. The molecule has 1 saturated carbocycles. The monoisotopic (exact) mass is 320 g/mol. The van der Waals surface area contributed by atoms with Crippen LogP contribution in [-0.2, 0) is 11.3 Å². The number of rotatable bonds is 3. The van der Waals surface area contributed by atoms with Crippen molar-refractivity contribution in [3.05, 3.63) is 23.7 Å². The molecule has 1 spiro atoms. The maximum Gasteiger partial charge on any atom is 0.317 e. The van der Waals surface area contributed by atoms with Gasteiger partial charge in [0.2, 0.25) is 0 Å². The molecular weight excluding hydrogens is 292 g/mol. The third-order valence-electron chi connectivity index (χ3n) is 5.12. The van der Waals surface area contributed by atoms with Crippen molar-refractivity contribution >= 4 is 6.03 Å². The van der Waals surface area contributed by atoms with Gasteiger partial charge in [-0.15, -0.1) is 0 Å². The molecule has 3 rings (SSSR count). The fraction of sp³-hybridized carbons (Fsp3) is 0.722. The van der Waals surface area contributed by atoms with E-state index >= 15 is 0 Å². The first kappa shape index (κ1) is 16.4. The number of ether oxygens (including phenoxy) is 1. The number of amides is 2. The van der Waals surface area contributed by atoms with Crippen LogP contribution in [0.4, 0.5) is 4.79 Å². The molecular formula is C18H28N2O3. The summed E-state index contributed by atoms with van der Waals surface area (Å²) in [6.45, 7) is 3.16. The molecule has 1 N–H and O–H groups in total.